The van der Waals surface area contributed by atoms with E-state index in [1.54, 1.807) is 19.3 Å². The Labute approximate surface area is 223 Å². The minimum Gasteiger partial charge on any atom is -0.493 e. The van der Waals surface area contributed by atoms with E-state index in [1.165, 1.54) is 26.4 Å². The first kappa shape index (κ1) is 29.6. The molecule has 3 rings (SSSR count). The summed E-state index contributed by atoms with van der Waals surface area (Å²) in [5, 5.41) is 10.3. The Kier molecular flexibility index (Phi) is 10.7. The molecule has 0 bridgehead atoms. The maximum atomic E-state index is 12.9. The van der Waals surface area contributed by atoms with Crippen molar-refractivity contribution < 1.29 is 47.9 Å². The van der Waals surface area contributed by atoms with Crippen molar-refractivity contribution in [2.75, 3.05) is 34.5 Å². The van der Waals surface area contributed by atoms with E-state index < -0.39 is 30.4 Å². The van der Waals surface area contributed by atoms with Gasteiger partial charge in [0.25, 0.3) is 0 Å². The summed E-state index contributed by atoms with van der Waals surface area (Å²) in [6.45, 7) is 4.23. The number of aliphatic hydroxyl groups excluding tert-OH is 1. The highest BCUT2D eigenvalue weighted by Crippen LogP contribution is 2.39. The summed E-state index contributed by atoms with van der Waals surface area (Å²) in [5.74, 6) is -0.862. The Morgan fingerprint density at radius 2 is 1.76 bits per heavy atom. The summed E-state index contributed by atoms with van der Waals surface area (Å²) >= 11 is 0. The van der Waals surface area contributed by atoms with E-state index in [0.29, 0.717) is 31.4 Å². The average Bonchev–Trinajstić information content (AvgIpc) is 2.91. The highest BCUT2D eigenvalue weighted by Gasteiger charge is 2.31. The van der Waals surface area contributed by atoms with Crippen LogP contribution >= 0.6 is 0 Å². The summed E-state index contributed by atoms with van der Waals surface area (Å²) in [5.41, 5.74) is 0.243. The molecule has 38 heavy (non-hydrogen) atoms. The van der Waals surface area contributed by atoms with Crippen LogP contribution in [0.3, 0.4) is 0 Å². The van der Waals surface area contributed by atoms with Gasteiger partial charge in [-0.15, -0.1) is 0 Å². The molecule has 2 aliphatic rings. The SMILES string of the molecule is COc1cc(C(=O)OC[C@@H]2C[C@H](O)C[C@H](OCCC(C)(C)OC)O2)cc(OC)c1OC(=O)C1=CCCC=C1. The Morgan fingerprint density at radius 3 is 2.37 bits per heavy atom. The van der Waals surface area contributed by atoms with Crippen LogP contribution in [-0.4, -0.2) is 75.7 Å². The lowest BCUT2D eigenvalue weighted by Gasteiger charge is -2.33. The maximum absolute atomic E-state index is 12.9. The molecule has 1 aliphatic carbocycles. The van der Waals surface area contributed by atoms with E-state index in [2.05, 4.69) is 0 Å². The van der Waals surface area contributed by atoms with Gasteiger partial charge in [0, 0.05) is 20.0 Å². The molecule has 10 nitrogen and oxygen atoms in total. The Morgan fingerprint density at radius 1 is 1.05 bits per heavy atom. The van der Waals surface area contributed by atoms with E-state index >= 15 is 0 Å². The van der Waals surface area contributed by atoms with Gasteiger partial charge in [0.1, 0.15) is 6.61 Å². The molecule has 0 saturated carbocycles. The second kappa shape index (κ2) is 13.7. The van der Waals surface area contributed by atoms with Gasteiger partial charge < -0.3 is 38.3 Å². The van der Waals surface area contributed by atoms with Crippen molar-refractivity contribution in [3.8, 4) is 17.2 Å². The Hall–Kier alpha value is -2.92. The standard InChI is InChI=1S/C28H38O10/c1-28(2,34-5)11-12-35-24-16-20(29)15-21(37-24)17-36-26(30)19-13-22(32-3)25(23(14-19)33-4)38-27(31)18-9-7-6-8-10-18/h7,9-10,13-14,20-21,24,29H,6,8,11-12,15-17H2,1-5H3/t20-,21-,24+/m0/s1. The van der Waals surface area contributed by atoms with Crippen molar-refractivity contribution in [2.24, 2.45) is 0 Å². The Balaban J connectivity index is 1.61. The minimum absolute atomic E-state index is 0.0619. The van der Waals surface area contributed by atoms with Gasteiger partial charge in [0.15, 0.2) is 17.8 Å². The molecule has 0 aromatic heterocycles. The molecule has 10 heteroatoms. The molecular formula is C28H38O10. The fourth-order valence-electron chi connectivity index (χ4n) is 3.97. The van der Waals surface area contributed by atoms with Crippen molar-refractivity contribution in [2.45, 2.75) is 70.1 Å². The van der Waals surface area contributed by atoms with Crippen molar-refractivity contribution in [3.63, 3.8) is 0 Å². The van der Waals surface area contributed by atoms with Crippen LogP contribution in [0.1, 0.15) is 56.3 Å². The summed E-state index contributed by atoms with van der Waals surface area (Å²) < 4.78 is 38.8. The molecule has 1 saturated heterocycles. The lowest BCUT2D eigenvalue weighted by molar-refractivity contribution is -0.224. The van der Waals surface area contributed by atoms with E-state index in [9.17, 15) is 14.7 Å². The van der Waals surface area contributed by atoms with Gasteiger partial charge in [-0.1, -0.05) is 18.2 Å². The maximum Gasteiger partial charge on any atom is 0.343 e. The summed E-state index contributed by atoms with van der Waals surface area (Å²) in [6.07, 6.45) is 6.52. The first-order valence-electron chi connectivity index (χ1n) is 12.7. The fourth-order valence-corrected chi connectivity index (χ4v) is 3.97. The van der Waals surface area contributed by atoms with E-state index in [0.717, 1.165) is 12.8 Å². The number of methoxy groups -OCH3 is 3. The van der Waals surface area contributed by atoms with Gasteiger partial charge in [0.2, 0.25) is 5.75 Å². The van der Waals surface area contributed by atoms with Gasteiger partial charge in [-0.25, -0.2) is 9.59 Å². The summed E-state index contributed by atoms with van der Waals surface area (Å²) in [4.78, 5) is 25.4. The number of carbonyl (C=O) groups excluding carboxylic acids is 2. The molecule has 210 valence electrons. The number of allylic oxidation sites excluding steroid dienone is 2. The third-order valence-electron chi connectivity index (χ3n) is 6.43. The van der Waals surface area contributed by atoms with Crippen LogP contribution in [0.25, 0.3) is 0 Å². The van der Waals surface area contributed by atoms with Crippen molar-refractivity contribution in [1.82, 2.24) is 0 Å². The fraction of sp³-hybridized carbons (Fsp3) is 0.571. The van der Waals surface area contributed by atoms with Crippen molar-refractivity contribution in [3.05, 3.63) is 41.5 Å². The van der Waals surface area contributed by atoms with E-state index in [1.807, 2.05) is 19.9 Å². The van der Waals surface area contributed by atoms with Gasteiger partial charge in [-0.05, 0) is 45.2 Å². The average molecular weight is 535 g/mol. The molecule has 1 aromatic rings. The van der Waals surface area contributed by atoms with Crippen LogP contribution in [0.15, 0.2) is 35.9 Å². The quantitative estimate of drug-likeness (QED) is 0.314. The van der Waals surface area contributed by atoms with Gasteiger partial charge in [-0.2, -0.15) is 0 Å². The molecule has 0 spiro atoms. The third-order valence-corrected chi connectivity index (χ3v) is 6.43. The lowest BCUT2D eigenvalue weighted by atomic mass is 10.0. The van der Waals surface area contributed by atoms with Crippen LogP contribution in [-0.2, 0) is 23.7 Å². The number of carbonyl (C=O) groups is 2. The second-order valence-electron chi connectivity index (χ2n) is 9.73. The van der Waals surface area contributed by atoms with Gasteiger partial charge in [0.05, 0.1) is 49.8 Å². The number of rotatable bonds is 12. The zero-order chi connectivity index (χ0) is 27.7. The van der Waals surface area contributed by atoms with Crippen LogP contribution in [0.4, 0.5) is 0 Å². The number of hydrogen-bond acceptors (Lipinski definition) is 10. The van der Waals surface area contributed by atoms with Gasteiger partial charge >= 0.3 is 11.9 Å². The highest BCUT2D eigenvalue weighted by atomic mass is 16.7. The molecule has 1 fully saturated rings. The molecular weight excluding hydrogens is 496 g/mol. The number of aliphatic hydroxyl groups is 1. The second-order valence-corrected chi connectivity index (χ2v) is 9.73. The zero-order valence-electron chi connectivity index (χ0n) is 22.7. The predicted molar refractivity (Wildman–Crippen MR) is 137 cm³/mol. The Bertz CT molecular complexity index is 1000. The molecule has 0 radical (unpaired) electrons. The third kappa shape index (κ3) is 8.29. The van der Waals surface area contributed by atoms with Gasteiger partial charge in [-0.3, -0.25) is 0 Å². The molecule has 1 N–H and O–H groups in total. The molecule has 1 heterocycles. The molecule has 0 unspecified atom stereocenters. The van der Waals surface area contributed by atoms with Crippen LogP contribution < -0.4 is 14.2 Å². The molecule has 1 aromatic carbocycles. The predicted octanol–water partition coefficient (Wildman–Crippen LogP) is 3.74. The topological polar surface area (TPSA) is 119 Å². The minimum atomic E-state index is -0.652. The van der Waals surface area contributed by atoms with Crippen LogP contribution in [0.5, 0.6) is 17.2 Å². The molecule has 1 aliphatic heterocycles. The van der Waals surface area contributed by atoms with Crippen LogP contribution in [0.2, 0.25) is 0 Å². The molecule has 3 atom stereocenters. The van der Waals surface area contributed by atoms with Crippen LogP contribution in [0, 0.1) is 0 Å². The number of esters is 2. The number of ether oxygens (including phenoxy) is 7. The lowest BCUT2D eigenvalue weighted by Crippen LogP contribution is -2.40. The normalized spacial score (nSPS) is 21.4. The molecule has 0 amide bonds. The summed E-state index contributed by atoms with van der Waals surface area (Å²) in [7, 11) is 4.43. The first-order chi connectivity index (χ1) is 18.2. The zero-order valence-corrected chi connectivity index (χ0v) is 22.7. The summed E-state index contributed by atoms with van der Waals surface area (Å²) in [6, 6.07) is 2.83. The van der Waals surface area contributed by atoms with E-state index in [4.69, 9.17) is 33.2 Å². The van der Waals surface area contributed by atoms with E-state index in [-0.39, 0.29) is 35.0 Å². The van der Waals surface area contributed by atoms with Crippen molar-refractivity contribution in [1.29, 1.82) is 0 Å². The smallest absolute Gasteiger partial charge is 0.343 e. The highest BCUT2D eigenvalue weighted by molar-refractivity contribution is 5.95. The number of hydrogen-bond donors (Lipinski definition) is 1. The number of benzene rings is 1. The monoisotopic (exact) mass is 534 g/mol. The first-order valence-corrected chi connectivity index (χ1v) is 12.7. The van der Waals surface area contributed by atoms with Crippen molar-refractivity contribution >= 4 is 11.9 Å². The largest absolute Gasteiger partial charge is 0.493 e.